The molecule has 0 spiro atoms. The molecule has 12 nitrogen and oxygen atoms in total. The monoisotopic (exact) mass is 1040 g/mol. The maximum atomic E-state index is 14.5. The molecule has 4 aromatic carbocycles. The summed E-state index contributed by atoms with van der Waals surface area (Å²) in [6.07, 6.45) is 30.0. The van der Waals surface area contributed by atoms with Crippen LogP contribution in [0.25, 0.3) is 79.5 Å². The molecule has 0 radical (unpaired) electrons. The molecule has 0 aliphatic carbocycles. The van der Waals surface area contributed by atoms with E-state index in [1.807, 2.05) is 72.9 Å². The van der Waals surface area contributed by atoms with Crippen LogP contribution in [0.3, 0.4) is 0 Å². The minimum Gasteiger partial charge on any atom is -0.422 e. The molecule has 0 saturated carbocycles. The van der Waals surface area contributed by atoms with Gasteiger partial charge in [-0.1, -0.05) is 85.0 Å². The molecule has 4 aromatic heterocycles. The molecule has 0 unspecified atom stereocenters. The predicted molar refractivity (Wildman–Crippen MR) is 307 cm³/mol. The summed E-state index contributed by atoms with van der Waals surface area (Å²) >= 11 is 2.01. The number of benzene rings is 4. The fourth-order valence-electron chi connectivity index (χ4n) is 9.36. The molecule has 10 rings (SSSR count). The van der Waals surface area contributed by atoms with Gasteiger partial charge in [-0.25, -0.2) is 29.4 Å². The van der Waals surface area contributed by atoms with Gasteiger partial charge in [0.1, 0.15) is 11.2 Å². The van der Waals surface area contributed by atoms with Gasteiger partial charge in [-0.15, -0.1) is 49.0 Å². The molecule has 8 aromatic rings. The van der Waals surface area contributed by atoms with Crippen molar-refractivity contribution < 1.29 is 28.0 Å². The van der Waals surface area contributed by atoms with Crippen molar-refractivity contribution in [2.24, 2.45) is 0 Å². The van der Waals surface area contributed by atoms with Crippen LogP contribution in [0.1, 0.15) is 115 Å². The Bertz CT molecular complexity index is 3700. The van der Waals surface area contributed by atoms with Gasteiger partial charge in [0, 0.05) is 54.6 Å². The smallest absolute Gasteiger partial charge is 0.345 e. The number of carbonyl (C=O) groups excluding carboxylic acids is 4. The summed E-state index contributed by atoms with van der Waals surface area (Å²) in [6, 6.07) is 16.6. The van der Waals surface area contributed by atoms with Crippen molar-refractivity contribution >= 4 is 114 Å². The van der Waals surface area contributed by atoms with Crippen LogP contribution in [0.2, 0.25) is 0 Å². The number of unbranched alkanes of at least 4 members (excludes halogenated alkanes) is 4. The minimum absolute atomic E-state index is 0.0121. The van der Waals surface area contributed by atoms with E-state index >= 15 is 0 Å². The molecule has 14 heteroatoms. The van der Waals surface area contributed by atoms with Crippen LogP contribution in [0.4, 0.5) is 10.3 Å². The number of fused-ring (bicyclic) bond motifs is 2. The van der Waals surface area contributed by atoms with Crippen LogP contribution in [-0.4, -0.2) is 33.6 Å². The van der Waals surface area contributed by atoms with E-state index in [0.717, 1.165) is 106 Å². The Morgan fingerprint density at radius 2 is 0.776 bits per heavy atom. The highest BCUT2D eigenvalue weighted by Crippen LogP contribution is 2.42. The first-order valence-corrected chi connectivity index (χ1v) is 26.4. The highest BCUT2D eigenvalue weighted by Gasteiger charge is 2.42. The fourth-order valence-corrected chi connectivity index (χ4v) is 11.0. The number of thiazole rings is 2. The van der Waals surface area contributed by atoms with Crippen LogP contribution in [-0.2, 0) is 0 Å². The molecule has 0 bridgehead atoms. The molecular formula is C62H48N4O8S2. The lowest BCUT2D eigenvalue weighted by Crippen LogP contribution is -2.43. The van der Waals surface area contributed by atoms with Gasteiger partial charge >= 0.3 is 11.3 Å². The van der Waals surface area contributed by atoms with Crippen molar-refractivity contribution in [1.29, 1.82) is 0 Å². The van der Waals surface area contributed by atoms with Crippen molar-refractivity contribution in [3.63, 3.8) is 0 Å². The largest absolute Gasteiger partial charge is 0.422 e. The zero-order chi connectivity index (χ0) is 53.0. The third-order valence-electron chi connectivity index (χ3n) is 13.1. The molecule has 0 atom stereocenters. The topological polar surface area (TPSA) is 161 Å². The number of hydrogen-bond acceptors (Lipinski definition) is 12. The number of carbonyl (C=O) groups is 4. The Morgan fingerprint density at radius 3 is 1.12 bits per heavy atom. The van der Waals surface area contributed by atoms with Crippen molar-refractivity contribution in [2.75, 3.05) is 9.80 Å². The number of aromatic nitrogens is 2. The number of anilines is 2. The average molecular weight is 1040 g/mol. The molecule has 0 N–H and O–H groups in total. The SMILES string of the molecule is C=CCC/C=C/c1ccc2oc(=O)c(-c3csc(N4C(=O)c5ccc6c7c(ccc(c57)C4=O)C(=O)N(c4nc(-c5cc7c(/C=C/CCC=C)c(/C=C/CCC=C)ccc7oc5=O)cs4)C6=O)n3)cc2c1/C=C/CCC=C. The van der Waals surface area contributed by atoms with Crippen LogP contribution >= 0.6 is 22.7 Å². The molecule has 0 fully saturated rings. The van der Waals surface area contributed by atoms with Gasteiger partial charge in [-0.05, 0) is 122 Å². The summed E-state index contributed by atoms with van der Waals surface area (Å²) in [5, 5.41) is 4.88. The lowest BCUT2D eigenvalue weighted by molar-refractivity contribution is 0.0873. The average Bonchev–Trinajstić information content (AvgIpc) is 4.15. The van der Waals surface area contributed by atoms with Crippen molar-refractivity contribution in [3.05, 3.63) is 212 Å². The number of allylic oxidation sites excluding steroid dienone is 8. The third kappa shape index (κ3) is 9.33. The maximum absolute atomic E-state index is 14.5. The maximum Gasteiger partial charge on any atom is 0.345 e. The molecule has 4 amide bonds. The lowest BCUT2D eigenvalue weighted by atomic mass is 9.86. The van der Waals surface area contributed by atoms with Gasteiger partial charge in [0.25, 0.3) is 23.6 Å². The second kappa shape index (κ2) is 21.9. The summed E-state index contributed by atoms with van der Waals surface area (Å²) in [5.74, 6) is -2.89. The van der Waals surface area contributed by atoms with Crippen LogP contribution in [0.5, 0.6) is 0 Å². The number of amides is 4. The molecule has 6 heterocycles. The van der Waals surface area contributed by atoms with Crippen molar-refractivity contribution in [1.82, 2.24) is 9.97 Å². The Labute approximate surface area is 444 Å². The van der Waals surface area contributed by atoms with Gasteiger partial charge in [0.05, 0.1) is 22.5 Å². The summed E-state index contributed by atoms with van der Waals surface area (Å²) in [7, 11) is 0. The number of nitrogens with zero attached hydrogens (tertiary/aromatic N) is 4. The van der Waals surface area contributed by atoms with E-state index in [1.54, 1.807) is 35.0 Å². The van der Waals surface area contributed by atoms with E-state index in [2.05, 4.69) is 48.4 Å². The second-order valence-electron chi connectivity index (χ2n) is 17.9. The van der Waals surface area contributed by atoms with E-state index in [-0.39, 0.29) is 65.8 Å². The first-order chi connectivity index (χ1) is 37.1. The van der Waals surface area contributed by atoms with Gasteiger partial charge in [-0.2, -0.15) is 0 Å². The molecule has 2 aliphatic rings. The van der Waals surface area contributed by atoms with Crippen LogP contribution < -0.4 is 21.1 Å². The number of rotatable bonds is 20. The summed E-state index contributed by atoms with van der Waals surface area (Å²) in [5.41, 5.74) is 4.03. The second-order valence-corrected chi connectivity index (χ2v) is 19.6. The first kappa shape index (κ1) is 50.5. The number of imide groups is 2. The Morgan fingerprint density at radius 1 is 0.434 bits per heavy atom. The van der Waals surface area contributed by atoms with Gasteiger partial charge in [-0.3, -0.25) is 19.2 Å². The Balaban J connectivity index is 0.960. The summed E-state index contributed by atoms with van der Waals surface area (Å²) in [6.45, 7) is 15.3. The van der Waals surface area contributed by atoms with E-state index in [9.17, 15) is 28.8 Å². The van der Waals surface area contributed by atoms with E-state index in [4.69, 9.17) is 8.83 Å². The van der Waals surface area contributed by atoms with Gasteiger partial charge < -0.3 is 8.83 Å². The van der Waals surface area contributed by atoms with E-state index < -0.39 is 34.9 Å². The fraction of sp³-hybridized carbons (Fsp3) is 0.129. The van der Waals surface area contributed by atoms with E-state index in [1.165, 1.54) is 24.3 Å². The van der Waals surface area contributed by atoms with E-state index in [0.29, 0.717) is 21.9 Å². The Hall–Kier alpha value is -8.98. The van der Waals surface area contributed by atoms with Crippen molar-refractivity contribution in [2.45, 2.75) is 51.4 Å². The van der Waals surface area contributed by atoms with Gasteiger partial charge in [0.15, 0.2) is 10.3 Å². The zero-order valence-corrected chi connectivity index (χ0v) is 42.8. The quantitative estimate of drug-likeness (QED) is 0.0311. The highest BCUT2D eigenvalue weighted by atomic mass is 32.1. The highest BCUT2D eigenvalue weighted by molar-refractivity contribution is 7.15. The third-order valence-corrected chi connectivity index (χ3v) is 14.8. The molecule has 0 saturated heterocycles. The van der Waals surface area contributed by atoms with Crippen LogP contribution in [0.15, 0.2) is 165 Å². The zero-order valence-electron chi connectivity index (χ0n) is 41.2. The standard InChI is InChI=1S/C62H48N4O8S2/c1-5-9-13-17-21-37-25-31-51-45(39(37)23-19-15-11-7-3)33-47(59(71)73-51)49-35-75-61(63-49)65-55(67)41-27-29-43-54-44(30-28-42(53(41)54)56(65)68)58(70)66(57(43)69)62-64-50(36-76-62)48-34-46-40(24-20-16-12-8-4)38(22-18-14-10-6-2)26-32-52(46)74-60(48)72/h5-8,17-36H,1-4,9-16H2/b21-17+,22-18+,23-19+,24-20+. The lowest BCUT2D eigenvalue weighted by Gasteiger charge is -2.30. The molecule has 376 valence electrons. The van der Waals surface area contributed by atoms with Gasteiger partial charge in [0.2, 0.25) is 0 Å². The number of hydrogen-bond donors (Lipinski definition) is 0. The summed E-state index contributed by atoms with van der Waals surface area (Å²) < 4.78 is 11.7. The van der Waals surface area contributed by atoms with Crippen LogP contribution in [0, 0.1) is 0 Å². The summed E-state index contributed by atoms with van der Waals surface area (Å²) in [4.78, 5) is 96.4. The first-order valence-electron chi connectivity index (χ1n) is 24.7. The predicted octanol–water partition coefficient (Wildman–Crippen LogP) is 14.8. The molecular weight excluding hydrogens is 993 g/mol. The normalized spacial score (nSPS) is 13.6. The van der Waals surface area contributed by atoms with Crippen molar-refractivity contribution in [3.8, 4) is 22.5 Å². The Kier molecular flexibility index (Phi) is 14.5. The minimum atomic E-state index is -0.722. The molecule has 2 aliphatic heterocycles. The molecule has 76 heavy (non-hydrogen) atoms.